The fraction of sp³-hybridized carbons (Fsp3) is 0.211. The van der Waals surface area contributed by atoms with E-state index in [0.29, 0.717) is 28.2 Å². The summed E-state index contributed by atoms with van der Waals surface area (Å²) >= 11 is 6.02. The maximum Gasteiger partial charge on any atom is 0.225 e. The van der Waals surface area contributed by atoms with E-state index in [4.69, 9.17) is 11.6 Å². The topological polar surface area (TPSA) is 83.0 Å². The molecule has 2 aromatic heterocycles. The number of benzene rings is 1. The van der Waals surface area contributed by atoms with Crippen LogP contribution in [0.5, 0.6) is 5.75 Å². The van der Waals surface area contributed by atoms with Crippen LogP contribution in [0, 0.1) is 0 Å². The highest BCUT2D eigenvalue weighted by Gasteiger charge is 2.14. The molecule has 3 aromatic rings. The molecule has 7 heteroatoms. The Bertz CT molecular complexity index is 910. The third-order valence-corrected chi connectivity index (χ3v) is 3.63. The number of phenolic OH excluding ortho intramolecular Hbond substituents is 1. The Morgan fingerprint density at radius 2 is 1.88 bits per heavy atom. The quantitative estimate of drug-likeness (QED) is 0.570. The van der Waals surface area contributed by atoms with Gasteiger partial charge in [0.05, 0.1) is 11.4 Å². The predicted octanol–water partition coefficient (Wildman–Crippen LogP) is 4.85. The van der Waals surface area contributed by atoms with Crippen molar-refractivity contribution in [3.63, 3.8) is 0 Å². The van der Waals surface area contributed by atoms with Gasteiger partial charge < -0.3 is 15.7 Å². The number of phenols is 1. The smallest absolute Gasteiger partial charge is 0.225 e. The molecule has 3 N–H and O–H groups in total. The van der Waals surface area contributed by atoms with Gasteiger partial charge in [0.2, 0.25) is 5.95 Å². The van der Waals surface area contributed by atoms with E-state index < -0.39 is 0 Å². The Balaban J connectivity index is 2.03. The molecule has 26 heavy (non-hydrogen) atoms. The fourth-order valence-corrected chi connectivity index (χ4v) is 2.48. The van der Waals surface area contributed by atoms with Crippen molar-refractivity contribution in [2.45, 2.75) is 26.3 Å². The van der Waals surface area contributed by atoms with Crippen molar-refractivity contribution < 1.29 is 5.11 Å². The van der Waals surface area contributed by atoms with Gasteiger partial charge in [-0.2, -0.15) is 4.98 Å². The van der Waals surface area contributed by atoms with Crippen molar-refractivity contribution in [1.82, 2.24) is 15.0 Å². The Hall–Kier alpha value is -2.86. The zero-order valence-electron chi connectivity index (χ0n) is 14.8. The molecule has 3 rings (SSSR count). The second-order valence-corrected chi connectivity index (χ2v) is 7.30. The molecule has 0 aliphatic rings. The van der Waals surface area contributed by atoms with Gasteiger partial charge in [0.25, 0.3) is 0 Å². The predicted molar refractivity (Wildman–Crippen MR) is 105 cm³/mol. The van der Waals surface area contributed by atoms with Gasteiger partial charge in [-0.05, 0) is 51.1 Å². The third-order valence-electron chi connectivity index (χ3n) is 3.39. The van der Waals surface area contributed by atoms with Crippen molar-refractivity contribution in [2.24, 2.45) is 0 Å². The Labute approximate surface area is 157 Å². The monoisotopic (exact) mass is 369 g/mol. The minimum Gasteiger partial charge on any atom is -0.506 e. The molecule has 0 unspecified atom stereocenters. The number of hydrogen-bond donors (Lipinski definition) is 3. The van der Waals surface area contributed by atoms with E-state index in [0.717, 1.165) is 5.56 Å². The number of hydrogen-bond acceptors (Lipinski definition) is 6. The maximum atomic E-state index is 10.0. The van der Waals surface area contributed by atoms with Crippen LogP contribution >= 0.6 is 11.6 Å². The van der Waals surface area contributed by atoms with Crippen LogP contribution in [0.15, 0.2) is 48.8 Å². The minimum atomic E-state index is -0.205. The fourth-order valence-electron chi connectivity index (χ4n) is 2.31. The molecule has 0 amide bonds. The maximum absolute atomic E-state index is 10.0. The third kappa shape index (κ3) is 4.61. The lowest BCUT2D eigenvalue weighted by Crippen LogP contribution is -2.27. The van der Waals surface area contributed by atoms with Crippen LogP contribution in [0.25, 0.3) is 11.3 Å². The summed E-state index contributed by atoms with van der Waals surface area (Å²) in [5.74, 6) is 1.09. The summed E-state index contributed by atoms with van der Waals surface area (Å²) in [5, 5.41) is 16.9. The summed E-state index contributed by atoms with van der Waals surface area (Å²) in [6.45, 7) is 6.09. The average molecular weight is 370 g/mol. The van der Waals surface area contributed by atoms with E-state index in [9.17, 15) is 5.11 Å². The normalized spacial score (nSPS) is 11.2. The van der Waals surface area contributed by atoms with Crippen molar-refractivity contribution in [1.29, 1.82) is 0 Å². The number of rotatable bonds is 4. The molecule has 0 aliphatic carbocycles. The van der Waals surface area contributed by atoms with Crippen LogP contribution in [0.1, 0.15) is 20.8 Å². The lowest BCUT2D eigenvalue weighted by Gasteiger charge is -2.21. The largest absolute Gasteiger partial charge is 0.506 e. The summed E-state index contributed by atoms with van der Waals surface area (Å²) in [5.41, 5.74) is 1.84. The molecule has 1 aromatic carbocycles. The summed E-state index contributed by atoms with van der Waals surface area (Å²) in [6.07, 6.45) is 3.45. The summed E-state index contributed by atoms with van der Waals surface area (Å²) < 4.78 is 0. The van der Waals surface area contributed by atoms with Gasteiger partial charge in [-0.15, -0.1) is 0 Å². The lowest BCUT2D eigenvalue weighted by molar-refractivity contribution is 0.477. The molecule has 134 valence electrons. The molecule has 6 nitrogen and oxygen atoms in total. The molecule has 0 radical (unpaired) electrons. The zero-order chi connectivity index (χ0) is 18.7. The van der Waals surface area contributed by atoms with Crippen LogP contribution in [0.4, 0.5) is 17.5 Å². The molecule has 2 heterocycles. The highest BCUT2D eigenvalue weighted by Crippen LogP contribution is 2.30. The number of aromatic nitrogens is 3. The first kappa shape index (κ1) is 17.9. The number of nitrogens with one attached hydrogen (secondary N) is 2. The van der Waals surface area contributed by atoms with Crippen molar-refractivity contribution in [2.75, 3.05) is 10.6 Å². The number of halogens is 1. The molecule has 0 spiro atoms. The standard InChI is InChI=1S/C19H20ClN5O/c1-19(2,3)25-18-23-14(12-5-4-8-21-11-12)10-17(24-18)22-15-9-13(20)6-7-16(15)26/h4-11,26H,1-3H3,(H2,22,23,24,25). The summed E-state index contributed by atoms with van der Waals surface area (Å²) in [4.78, 5) is 13.2. The van der Waals surface area contributed by atoms with E-state index in [-0.39, 0.29) is 11.3 Å². The van der Waals surface area contributed by atoms with Crippen LogP contribution in [-0.4, -0.2) is 25.6 Å². The minimum absolute atomic E-state index is 0.0845. The first-order valence-corrected chi connectivity index (χ1v) is 8.51. The summed E-state index contributed by atoms with van der Waals surface area (Å²) in [6, 6.07) is 10.4. The van der Waals surface area contributed by atoms with Gasteiger partial charge in [0.15, 0.2) is 0 Å². The van der Waals surface area contributed by atoms with Crippen molar-refractivity contribution in [3.05, 3.63) is 53.8 Å². The lowest BCUT2D eigenvalue weighted by atomic mass is 10.1. The van der Waals surface area contributed by atoms with Gasteiger partial charge in [-0.3, -0.25) is 4.98 Å². The highest BCUT2D eigenvalue weighted by atomic mass is 35.5. The van der Waals surface area contributed by atoms with Crippen molar-refractivity contribution >= 4 is 29.1 Å². The number of pyridine rings is 1. The number of nitrogens with zero attached hydrogens (tertiary/aromatic N) is 3. The molecule has 0 fully saturated rings. The Kier molecular flexibility index (Phi) is 4.95. The van der Waals surface area contributed by atoms with Gasteiger partial charge >= 0.3 is 0 Å². The number of anilines is 3. The molecular formula is C19H20ClN5O. The van der Waals surface area contributed by atoms with Gasteiger partial charge in [0, 0.05) is 34.6 Å². The second kappa shape index (κ2) is 7.17. The molecule has 0 aliphatic heterocycles. The van der Waals surface area contributed by atoms with Gasteiger partial charge in [-0.25, -0.2) is 4.98 Å². The highest BCUT2D eigenvalue weighted by molar-refractivity contribution is 6.31. The Morgan fingerprint density at radius 3 is 2.58 bits per heavy atom. The molecular weight excluding hydrogens is 350 g/mol. The molecule has 0 saturated heterocycles. The van der Waals surface area contributed by atoms with Crippen LogP contribution in [0.2, 0.25) is 5.02 Å². The second-order valence-electron chi connectivity index (χ2n) is 6.87. The molecule has 0 saturated carbocycles. The van der Waals surface area contributed by atoms with Crippen LogP contribution in [-0.2, 0) is 0 Å². The number of aromatic hydroxyl groups is 1. The van der Waals surface area contributed by atoms with E-state index in [1.54, 1.807) is 30.6 Å². The van der Waals surface area contributed by atoms with E-state index in [1.165, 1.54) is 6.07 Å². The van der Waals surface area contributed by atoms with Gasteiger partial charge in [0.1, 0.15) is 11.6 Å². The SMILES string of the molecule is CC(C)(C)Nc1nc(Nc2cc(Cl)ccc2O)cc(-c2cccnc2)n1. The van der Waals surface area contributed by atoms with E-state index in [1.807, 2.05) is 32.9 Å². The molecule has 0 atom stereocenters. The first-order valence-electron chi connectivity index (χ1n) is 8.13. The van der Waals surface area contributed by atoms with Crippen LogP contribution < -0.4 is 10.6 Å². The van der Waals surface area contributed by atoms with E-state index in [2.05, 4.69) is 25.6 Å². The molecule has 0 bridgehead atoms. The van der Waals surface area contributed by atoms with Gasteiger partial charge in [-0.1, -0.05) is 11.6 Å². The Morgan fingerprint density at radius 1 is 1.08 bits per heavy atom. The van der Waals surface area contributed by atoms with E-state index >= 15 is 0 Å². The first-order chi connectivity index (χ1) is 12.3. The average Bonchev–Trinajstić information content (AvgIpc) is 2.57. The van der Waals surface area contributed by atoms with Crippen LogP contribution in [0.3, 0.4) is 0 Å². The summed E-state index contributed by atoms with van der Waals surface area (Å²) in [7, 11) is 0. The zero-order valence-corrected chi connectivity index (χ0v) is 15.5. The van der Waals surface area contributed by atoms with Crippen molar-refractivity contribution in [3.8, 4) is 17.0 Å².